The highest BCUT2D eigenvalue weighted by atomic mass is 16.5. The van der Waals surface area contributed by atoms with E-state index in [1.165, 1.54) is 12.1 Å². The van der Waals surface area contributed by atoms with Gasteiger partial charge in [-0.1, -0.05) is 18.2 Å². The molecule has 0 radical (unpaired) electrons. The van der Waals surface area contributed by atoms with Crippen molar-refractivity contribution >= 4 is 0 Å². The summed E-state index contributed by atoms with van der Waals surface area (Å²) in [5.41, 5.74) is 0.755. The summed E-state index contributed by atoms with van der Waals surface area (Å²) in [6, 6.07) is 12.0. The Bertz CT molecular complexity index is 647. The molecule has 2 rings (SSSR count). The normalized spacial score (nSPS) is 11.9. The molecule has 24 heavy (non-hydrogen) atoms. The third-order valence-corrected chi connectivity index (χ3v) is 3.50. The number of aromatic hydroxyl groups is 2. The first-order valence-corrected chi connectivity index (χ1v) is 7.75. The lowest BCUT2D eigenvalue weighted by molar-refractivity contribution is 0.169. The Morgan fingerprint density at radius 3 is 2.50 bits per heavy atom. The molecule has 0 amide bonds. The SMILES string of the molecule is COc1ccccc1OCCNC[C@H](O)Cc1ccc(O)c(O)c1. The Balaban J connectivity index is 1.67. The number of rotatable bonds is 9. The van der Waals surface area contributed by atoms with E-state index >= 15 is 0 Å². The molecule has 2 aromatic carbocycles. The summed E-state index contributed by atoms with van der Waals surface area (Å²) >= 11 is 0. The molecule has 2 aromatic rings. The van der Waals surface area contributed by atoms with Crippen molar-refractivity contribution in [2.24, 2.45) is 0 Å². The Morgan fingerprint density at radius 2 is 1.79 bits per heavy atom. The Hall–Kier alpha value is -2.44. The highest BCUT2D eigenvalue weighted by molar-refractivity contribution is 5.40. The molecule has 0 saturated heterocycles. The van der Waals surface area contributed by atoms with Crippen LogP contribution in [0.2, 0.25) is 0 Å². The second-order valence-corrected chi connectivity index (χ2v) is 5.38. The largest absolute Gasteiger partial charge is 0.504 e. The third kappa shape index (κ3) is 5.33. The average Bonchev–Trinajstić information content (AvgIpc) is 2.58. The average molecular weight is 333 g/mol. The third-order valence-electron chi connectivity index (χ3n) is 3.50. The molecular weight excluding hydrogens is 310 g/mol. The van der Waals surface area contributed by atoms with Gasteiger partial charge in [0.05, 0.1) is 13.2 Å². The van der Waals surface area contributed by atoms with E-state index in [-0.39, 0.29) is 11.5 Å². The summed E-state index contributed by atoms with van der Waals surface area (Å²) in [6.45, 7) is 1.43. The first-order valence-electron chi connectivity index (χ1n) is 7.75. The molecule has 0 fully saturated rings. The molecule has 0 aliphatic carbocycles. The second-order valence-electron chi connectivity index (χ2n) is 5.38. The monoisotopic (exact) mass is 333 g/mol. The van der Waals surface area contributed by atoms with Crippen molar-refractivity contribution in [2.45, 2.75) is 12.5 Å². The maximum Gasteiger partial charge on any atom is 0.161 e. The minimum absolute atomic E-state index is 0.167. The summed E-state index contributed by atoms with van der Waals surface area (Å²) in [7, 11) is 1.60. The lowest BCUT2D eigenvalue weighted by atomic mass is 10.1. The van der Waals surface area contributed by atoms with Crippen LogP contribution >= 0.6 is 0 Å². The Morgan fingerprint density at radius 1 is 1.04 bits per heavy atom. The van der Waals surface area contributed by atoms with Gasteiger partial charge in [0.2, 0.25) is 0 Å². The van der Waals surface area contributed by atoms with E-state index in [9.17, 15) is 15.3 Å². The fourth-order valence-corrected chi connectivity index (χ4v) is 2.28. The number of ether oxygens (including phenoxy) is 2. The highest BCUT2D eigenvalue weighted by Crippen LogP contribution is 2.26. The van der Waals surface area contributed by atoms with E-state index in [2.05, 4.69) is 5.32 Å². The van der Waals surface area contributed by atoms with Gasteiger partial charge in [-0.15, -0.1) is 0 Å². The van der Waals surface area contributed by atoms with Crippen LogP contribution in [0.3, 0.4) is 0 Å². The zero-order chi connectivity index (χ0) is 17.4. The molecule has 1 atom stereocenters. The van der Waals surface area contributed by atoms with Crippen LogP contribution in [0.5, 0.6) is 23.0 Å². The van der Waals surface area contributed by atoms with Gasteiger partial charge in [-0.05, 0) is 36.2 Å². The minimum atomic E-state index is -0.597. The topological polar surface area (TPSA) is 91.2 Å². The van der Waals surface area contributed by atoms with Gasteiger partial charge in [-0.25, -0.2) is 0 Å². The predicted octanol–water partition coefficient (Wildman–Crippen LogP) is 1.68. The van der Waals surface area contributed by atoms with Crippen LogP contribution in [0.4, 0.5) is 0 Å². The molecule has 6 heteroatoms. The van der Waals surface area contributed by atoms with Gasteiger partial charge in [0.25, 0.3) is 0 Å². The molecule has 0 unspecified atom stereocenters. The number of phenols is 2. The Labute approximate surface area is 141 Å². The van der Waals surface area contributed by atoms with Crippen LogP contribution in [0, 0.1) is 0 Å². The number of para-hydroxylation sites is 2. The molecule has 0 aliphatic rings. The van der Waals surface area contributed by atoms with Crippen molar-refractivity contribution in [1.82, 2.24) is 5.32 Å². The second kappa shape index (κ2) is 9.00. The molecule has 0 aromatic heterocycles. The zero-order valence-electron chi connectivity index (χ0n) is 13.6. The molecular formula is C18H23NO5. The quantitative estimate of drug-likeness (QED) is 0.412. The number of hydrogen-bond donors (Lipinski definition) is 4. The summed E-state index contributed by atoms with van der Waals surface area (Å²) < 4.78 is 10.8. The highest BCUT2D eigenvalue weighted by Gasteiger charge is 2.08. The number of nitrogens with one attached hydrogen (secondary N) is 1. The van der Waals surface area contributed by atoms with E-state index in [4.69, 9.17) is 9.47 Å². The number of methoxy groups -OCH3 is 1. The van der Waals surface area contributed by atoms with Gasteiger partial charge in [0.15, 0.2) is 23.0 Å². The molecule has 0 aliphatic heterocycles. The molecule has 6 nitrogen and oxygen atoms in total. The molecule has 0 bridgehead atoms. The van der Waals surface area contributed by atoms with Crippen LogP contribution in [0.1, 0.15) is 5.56 Å². The van der Waals surface area contributed by atoms with Gasteiger partial charge in [-0.3, -0.25) is 0 Å². The minimum Gasteiger partial charge on any atom is -0.504 e. The van der Waals surface area contributed by atoms with Crippen LogP contribution < -0.4 is 14.8 Å². The van der Waals surface area contributed by atoms with Crippen molar-refractivity contribution in [3.8, 4) is 23.0 Å². The van der Waals surface area contributed by atoms with E-state index < -0.39 is 6.10 Å². The summed E-state index contributed by atoms with van der Waals surface area (Å²) in [4.78, 5) is 0. The smallest absolute Gasteiger partial charge is 0.161 e. The van der Waals surface area contributed by atoms with E-state index in [1.54, 1.807) is 13.2 Å². The van der Waals surface area contributed by atoms with Crippen molar-refractivity contribution in [3.63, 3.8) is 0 Å². The fraction of sp³-hybridized carbons (Fsp3) is 0.333. The first-order chi connectivity index (χ1) is 11.6. The van der Waals surface area contributed by atoms with Crippen molar-refractivity contribution in [1.29, 1.82) is 0 Å². The van der Waals surface area contributed by atoms with E-state index in [0.29, 0.717) is 37.6 Å². The number of aliphatic hydroxyl groups excluding tert-OH is 1. The lowest BCUT2D eigenvalue weighted by Gasteiger charge is -2.14. The summed E-state index contributed by atoms with van der Waals surface area (Å²) in [5, 5.41) is 31.8. The molecule has 0 saturated carbocycles. The zero-order valence-corrected chi connectivity index (χ0v) is 13.6. The maximum atomic E-state index is 9.99. The van der Waals surface area contributed by atoms with Gasteiger partial charge in [0.1, 0.15) is 6.61 Å². The molecule has 0 heterocycles. The maximum absolute atomic E-state index is 9.99. The number of phenolic OH excluding ortho intramolecular Hbond substituents is 2. The van der Waals surface area contributed by atoms with Gasteiger partial charge in [0, 0.05) is 13.1 Å². The van der Waals surface area contributed by atoms with Crippen LogP contribution in [-0.2, 0) is 6.42 Å². The number of hydrogen-bond acceptors (Lipinski definition) is 6. The number of aliphatic hydroxyl groups is 1. The van der Waals surface area contributed by atoms with Crippen LogP contribution in [0.15, 0.2) is 42.5 Å². The van der Waals surface area contributed by atoms with Gasteiger partial charge in [-0.2, -0.15) is 0 Å². The molecule has 130 valence electrons. The van der Waals surface area contributed by atoms with E-state index in [0.717, 1.165) is 5.56 Å². The summed E-state index contributed by atoms with van der Waals surface area (Å²) in [6.07, 6.45) is -0.214. The molecule has 4 N–H and O–H groups in total. The van der Waals surface area contributed by atoms with Crippen molar-refractivity contribution in [2.75, 3.05) is 26.8 Å². The molecule has 0 spiro atoms. The van der Waals surface area contributed by atoms with Gasteiger partial charge >= 0.3 is 0 Å². The predicted molar refractivity (Wildman–Crippen MR) is 90.8 cm³/mol. The number of benzene rings is 2. The van der Waals surface area contributed by atoms with E-state index in [1.807, 2.05) is 24.3 Å². The van der Waals surface area contributed by atoms with Crippen LogP contribution in [0.25, 0.3) is 0 Å². The fourth-order valence-electron chi connectivity index (χ4n) is 2.28. The van der Waals surface area contributed by atoms with Crippen molar-refractivity contribution < 1.29 is 24.8 Å². The van der Waals surface area contributed by atoms with Gasteiger partial charge < -0.3 is 30.1 Å². The Kier molecular flexibility index (Phi) is 6.72. The first kappa shape index (κ1) is 17.9. The standard InChI is InChI=1S/C18H23NO5/c1-23-17-4-2-3-5-18(17)24-9-8-19-12-14(20)10-13-6-7-15(21)16(22)11-13/h2-7,11,14,19-22H,8-10,12H2,1H3/t14-/m1/s1. The lowest BCUT2D eigenvalue weighted by Crippen LogP contribution is -2.31. The summed E-state index contributed by atoms with van der Waals surface area (Å²) in [5.74, 6) is 1.02. The van der Waals surface area contributed by atoms with Crippen molar-refractivity contribution in [3.05, 3.63) is 48.0 Å². The van der Waals surface area contributed by atoms with Crippen LogP contribution in [-0.4, -0.2) is 48.2 Å².